The average molecular weight is 242 g/mol. The minimum absolute atomic E-state index is 0.0109. The van der Waals surface area contributed by atoms with Crippen molar-refractivity contribution in [2.24, 2.45) is 0 Å². The standard InChI is InChI=1S/C12H10N4O2/c13-5-8-1-3-9(4-2-8)6-16-7-10(14)11(17)15-12(16)18/h1-4,7H,6,14H2,(H,15,17,18). The molecule has 2 rings (SSSR count). The van der Waals surface area contributed by atoms with Crippen LogP contribution in [-0.2, 0) is 6.54 Å². The fourth-order valence-electron chi connectivity index (χ4n) is 1.53. The van der Waals surface area contributed by atoms with Crippen molar-refractivity contribution in [2.45, 2.75) is 6.54 Å². The Morgan fingerprint density at radius 1 is 1.28 bits per heavy atom. The largest absolute Gasteiger partial charge is 0.393 e. The Balaban J connectivity index is 2.34. The predicted octanol–water partition coefficient (Wildman–Crippen LogP) is 0.0388. The van der Waals surface area contributed by atoms with Crippen molar-refractivity contribution in [3.8, 4) is 6.07 Å². The van der Waals surface area contributed by atoms with Gasteiger partial charge in [0.1, 0.15) is 5.69 Å². The van der Waals surface area contributed by atoms with Crippen LogP contribution in [0.15, 0.2) is 40.1 Å². The molecule has 0 fully saturated rings. The first kappa shape index (κ1) is 11.7. The van der Waals surface area contributed by atoms with Crippen LogP contribution in [-0.4, -0.2) is 9.55 Å². The van der Waals surface area contributed by atoms with E-state index in [0.29, 0.717) is 5.56 Å². The van der Waals surface area contributed by atoms with Gasteiger partial charge in [0, 0.05) is 6.20 Å². The minimum Gasteiger partial charge on any atom is -0.393 e. The Labute approximate surface area is 102 Å². The fourth-order valence-corrected chi connectivity index (χ4v) is 1.53. The number of nitrogens with two attached hydrogens (primary N) is 1. The van der Waals surface area contributed by atoms with Crippen LogP contribution in [0.4, 0.5) is 5.69 Å². The normalized spacial score (nSPS) is 9.94. The van der Waals surface area contributed by atoms with E-state index in [1.54, 1.807) is 24.3 Å². The molecule has 2 aromatic rings. The van der Waals surface area contributed by atoms with Crippen molar-refractivity contribution in [3.63, 3.8) is 0 Å². The summed E-state index contributed by atoms with van der Waals surface area (Å²) in [4.78, 5) is 24.7. The number of aromatic nitrogens is 2. The number of nitrogens with zero attached hydrogens (tertiary/aromatic N) is 2. The van der Waals surface area contributed by atoms with Crippen LogP contribution in [0.3, 0.4) is 0 Å². The molecule has 6 nitrogen and oxygen atoms in total. The molecule has 1 aromatic carbocycles. The molecule has 0 aliphatic carbocycles. The molecule has 90 valence electrons. The summed E-state index contributed by atoms with van der Waals surface area (Å²) in [5.74, 6) is 0. The zero-order valence-electron chi connectivity index (χ0n) is 9.38. The maximum atomic E-state index is 11.5. The molecule has 0 spiro atoms. The summed E-state index contributed by atoms with van der Waals surface area (Å²) in [5, 5.41) is 8.67. The number of aromatic amines is 1. The third-order valence-electron chi connectivity index (χ3n) is 2.47. The molecule has 1 heterocycles. The van der Waals surface area contributed by atoms with Crippen LogP contribution in [0.2, 0.25) is 0 Å². The van der Waals surface area contributed by atoms with E-state index in [1.165, 1.54) is 10.8 Å². The highest BCUT2D eigenvalue weighted by molar-refractivity contribution is 5.33. The summed E-state index contributed by atoms with van der Waals surface area (Å²) >= 11 is 0. The van der Waals surface area contributed by atoms with Crippen LogP contribution in [0.1, 0.15) is 11.1 Å². The number of anilines is 1. The van der Waals surface area contributed by atoms with Crippen LogP contribution in [0.25, 0.3) is 0 Å². The van der Waals surface area contributed by atoms with Crippen LogP contribution in [0.5, 0.6) is 0 Å². The van der Waals surface area contributed by atoms with Crippen molar-refractivity contribution in [2.75, 3.05) is 5.73 Å². The SMILES string of the molecule is N#Cc1ccc(Cn2cc(N)c(=O)[nH]c2=O)cc1. The lowest BCUT2D eigenvalue weighted by atomic mass is 10.1. The van der Waals surface area contributed by atoms with Crippen molar-refractivity contribution in [1.29, 1.82) is 5.26 Å². The Bertz CT molecular complexity index is 719. The van der Waals surface area contributed by atoms with E-state index in [9.17, 15) is 9.59 Å². The molecule has 0 aliphatic rings. The number of nitriles is 1. The molecule has 3 N–H and O–H groups in total. The summed E-state index contributed by atoms with van der Waals surface area (Å²) in [7, 11) is 0. The van der Waals surface area contributed by atoms with Crippen LogP contribution < -0.4 is 17.0 Å². The molecule has 6 heteroatoms. The van der Waals surface area contributed by atoms with Crippen molar-refractivity contribution in [1.82, 2.24) is 9.55 Å². The molecule has 0 amide bonds. The number of nitrogens with one attached hydrogen (secondary N) is 1. The van der Waals surface area contributed by atoms with Gasteiger partial charge in [-0.25, -0.2) is 4.79 Å². The van der Waals surface area contributed by atoms with Gasteiger partial charge < -0.3 is 5.73 Å². The first-order valence-electron chi connectivity index (χ1n) is 5.18. The summed E-state index contributed by atoms with van der Waals surface area (Å²) in [6.45, 7) is 0.283. The van der Waals surface area contributed by atoms with Crippen molar-refractivity contribution >= 4 is 5.69 Å². The second-order valence-electron chi connectivity index (χ2n) is 3.78. The molecule has 0 bridgehead atoms. The van der Waals surface area contributed by atoms with E-state index in [0.717, 1.165) is 5.56 Å². The fraction of sp³-hybridized carbons (Fsp3) is 0.0833. The molecule has 0 atom stereocenters. The van der Waals surface area contributed by atoms with E-state index in [4.69, 9.17) is 11.0 Å². The second-order valence-corrected chi connectivity index (χ2v) is 3.78. The van der Waals surface area contributed by atoms with Crippen molar-refractivity contribution < 1.29 is 0 Å². The Morgan fingerprint density at radius 2 is 1.94 bits per heavy atom. The smallest absolute Gasteiger partial charge is 0.328 e. The highest BCUT2D eigenvalue weighted by Crippen LogP contribution is 2.04. The van der Waals surface area contributed by atoms with E-state index in [1.807, 2.05) is 6.07 Å². The third-order valence-corrected chi connectivity index (χ3v) is 2.47. The topological polar surface area (TPSA) is 105 Å². The van der Waals surface area contributed by atoms with Crippen molar-refractivity contribution in [3.05, 3.63) is 62.4 Å². The third kappa shape index (κ3) is 2.30. The van der Waals surface area contributed by atoms with Gasteiger partial charge in [-0.3, -0.25) is 14.3 Å². The maximum absolute atomic E-state index is 11.5. The first-order valence-corrected chi connectivity index (χ1v) is 5.18. The molecule has 1 aromatic heterocycles. The summed E-state index contributed by atoms with van der Waals surface area (Å²) in [5.41, 5.74) is 5.71. The Hall–Kier alpha value is -2.81. The monoisotopic (exact) mass is 242 g/mol. The average Bonchev–Trinajstić information content (AvgIpc) is 2.37. The maximum Gasteiger partial charge on any atom is 0.328 e. The zero-order valence-corrected chi connectivity index (χ0v) is 9.38. The minimum atomic E-state index is -0.587. The molecular formula is C12H10N4O2. The quantitative estimate of drug-likeness (QED) is 0.775. The summed E-state index contributed by atoms with van der Waals surface area (Å²) in [6.07, 6.45) is 1.30. The van der Waals surface area contributed by atoms with Gasteiger partial charge in [0.25, 0.3) is 5.56 Å². The molecule has 0 saturated heterocycles. The van der Waals surface area contributed by atoms with Gasteiger partial charge in [-0.05, 0) is 17.7 Å². The summed E-state index contributed by atoms with van der Waals surface area (Å²) in [6, 6.07) is 8.82. The molecule has 0 saturated carbocycles. The Kier molecular flexibility index (Phi) is 2.98. The molecule has 18 heavy (non-hydrogen) atoms. The number of hydrogen-bond donors (Lipinski definition) is 2. The first-order chi connectivity index (χ1) is 8.60. The van der Waals surface area contributed by atoms with E-state index in [-0.39, 0.29) is 12.2 Å². The number of hydrogen-bond acceptors (Lipinski definition) is 4. The lowest BCUT2D eigenvalue weighted by Crippen LogP contribution is -2.31. The number of benzene rings is 1. The molecular weight excluding hydrogens is 232 g/mol. The predicted molar refractivity (Wildman–Crippen MR) is 66.0 cm³/mol. The van der Waals surface area contributed by atoms with E-state index < -0.39 is 11.2 Å². The van der Waals surface area contributed by atoms with Gasteiger partial charge in [0.15, 0.2) is 0 Å². The van der Waals surface area contributed by atoms with Crippen LogP contribution >= 0.6 is 0 Å². The number of rotatable bonds is 2. The molecule has 0 unspecified atom stereocenters. The highest BCUT2D eigenvalue weighted by Gasteiger charge is 2.02. The van der Waals surface area contributed by atoms with E-state index >= 15 is 0 Å². The number of nitrogen functional groups attached to an aromatic ring is 1. The van der Waals surface area contributed by atoms with Gasteiger partial charge in [-0.1, -0.05) is 12.1 Å². The van der Waals surface area contributed by atoms with Gasteiger partial charge in [-0.2, -0.15) is 5.26 Å². The lowest BCUT2D eigenvalue weighted by Gasteiger charge is -2.05. The highest BCUT2D eigenvalue weighted by atomic mass is 16.2. The van der Waals surface area contributed by atoms with Crippen LogP contribution in [0, 0.1) is 11.3 Å². The number of H-pyrrole nitrogens is 1. The van der Waals surface area contributed by atoms with Gasteiger partial charge in [-0.15, -0.1) is 0 Å². The Morgan fingerprint density at radius 3 is 2.56 bits per heavy atom. The lowest BCUT2D eigenvalue weighted by molar-refractivity contribution is 0.723. The van der Waals surface area contributed by atoms with Gasteiger partial charge in [0.05, 0.1) is 18.2 Å². The van der Waals surface area contributed by atoms with E-state index in [2.05, 4.69) is 4.98 Å². The van der Waals surface area contributed by atoms with Gasteiger partial charge in [0.2, 0.25) is 0 Å². The molecule has 0 aliphatic heterocycles. The molecule has 0 radical (unpaired) electrons. The second kappa shape index (κ2) is 4.59. The summed E-state index contributed by atoms with van der Waals surface area (Å²) < 4.78 is 1.30. The zero-order chi connectivity index (χ0) is 13.1. The van der Waals surface area contributed by atoms with Gasteiger partial charge >= 0.3 is 5.69 Å².